The van der Waals surface area contributed by atoms with Crippen molar-refractivity contribution in [3.05, 3.63) is 116 Å². The lowest BCUT2D eigenvalue weighted by Gasteiger charge is -2.32. The largest absolute Gasteiger partial charge is 0.494 e. The van der Waals surface area contributed by atoms with Gasteiger partial charge >= 0.3 is 6.18 Å². The Morgan fingerprint density at radius 1 is 1.04 bits per heavy atom. The van der Waals surface area contributed by atoms with Crippen LogP contribution in [-0.4, -0.2) is 48.4 Å². The number of carbonyl (C=O) groups is 1. The first-order chi connectivity index (χ1) is 21.7. The molecule has 0 unspecified atom stereocenters. The predicted octanol–water partition coefficient (Wildman–Crippen LogP) is 5.88. The molecule has 234 valence electrons. The number of ether oxygens (including phenoxy) is 2. The van der Waals surface area contributed by atoms with Gasteiger partial charge in [-0.05, 0) is 52.0 Å². The molecular weight excluding hydrogens is 595 g/mol. The lowest BCUT2D eigenvalue weighted by atomic mass is 9.80. The summed E-state index contributed by atoms with van der Waals surface area (Å²) < 4.78 is 51.0. The fourth-order valence-corrected chi connectivity index (χ4v) is 4.73. The van der Waals surface area contributed by atoms with Crippen molar-refractivity contribution in [2.24, 2.45) is 15.2 Å². The second-order valence-corrected chi connectivity index (χ2v) is 9.79. The number of nitrogens with zero attached hydrogens (tertiary/aromatic N) is 7. The number of hydrazine groups is 1. The van der Waals surface area contributed by atoms with Gasteiger partial charge in [0.2, 0.25) is 5.90 Å². The van der Waals surface area contributed by atoms with Gasteiger partial charge in [0, 0.05) is 40.5 Å². The highest BCUT2D eigenvalue weighted by atomic mass is 19.4. The van der Waals surface area contributed by atoms with Crippen LogP contribution in [-0.2, 0) is 22.5 Å². The normalized spacial score (nSPS) is 17.3. The first-order valence-electron chi connectivity index (χ1n) is 13.6. The van der Waals surface area contributed by atoms with Gasteiger partial charge in [0.05, 0.1) is 13.2 Å². The van der Waals surface area contributed by atoms with Gasteiger partial charge in [0.15, 0.2) is 11.6 Å². The summed E-state index contributed by atoms with van der Waals surface area (Å²) in [6, 6.07) is 19.7. The summed E-state index contributed by atoms with van der Waals surface area (Å²) in [5, 5.41) is 16.4. The third-order valence-electron chi connectivity index (χ3n) is 6.77. The molecule has 1 aliphatic heterocycles. The van der Waals surface area contributed by atoms with Gasteiger partial charge in [-0.25, -0.2) is 10.4 Å². The van der Waals surface area contributed by atoms with Crippen LogP contribution in [0.1, 0.15) is 34.8 Å². The molecule has 0 fully saturated rings. The minimum absolute atomic E-state index is 0.00716. The van der Waals surface area contributed by atoms with E-state index in [2.05, 4.69) is 25.5 Å². The summed E-state index contributed by atoms with van der Waals surface area (Å²) in [6.07, 6.45) is -5.68. The van der Waals surface area contributed by atoms with E-state index in [4.69, 9.17) is 30.6 Å². The fourth-order valence-electron chi connectivity index (χ4n) is 4.73. The second kappa shape index (κ2) is 14.9. The van der Waals surface area contributed by atoms with Crippen LogP contribution in [0.2, 0.25) is 0 Å². The highest BCUT2D eigenvalue weighted by Crippen LogP contribution is 2.44. The highest BCUT2D eigenvalue weighted by Gasteiger charge is 2.54. The quantitative estimate of drug-likeness (QED) is 0.0663. The number of azide groups is 2. The number of rotatable bonds is 14. The number of alkyl halides is 3. The van der Waals surface area contributed by atoms with Crippen molar-refractivity contribution in [1.29, 1.82) is 0 Å². The van der Waals surface area contributed by atoms with Crippen molar-refractivity contribution in [2.75, 3.05) is 19.8 Å². The van der Waals surface area contributed by atoms with Gasteiger partial charge in [-0.15, -0.1) is 0 Å². The lowest BCUT2D eigenvalue weighted by molar-refractivity contribution is -0.136. The zero-order valence-corrected chi connectivity index (χ0v) is 23.7. The Hall–Kier alpha value is -5.27. The summed E-state index contributed by atoms with van der Waals surface area (Å²) >= 11 is 0. The molecule has 1 heterocycles. The standard InChI is InChI=1S/C29H28F3N9O4/c30-29(31,32)18-36-39-27(43)28(16-20-6-2-4-9-24(20)38-41-34)25(23-8-3-1-7-21(23)17-35-40-33)45-26(37-28)19-10-12-22(13-11-19)44-15-5-14-42/h1-4,6-13,25,36,42H,5,14-18H2,(H,39,43)/t25-,28-/m0/s1. The van der Waals surface area contributed by atoms with E-state index in [-0.39, 0.29) is 37.8 Å². The first-order valence-corrected chi connectivity index (χ1v) is 13.6. The number of aliphatic hydroxyl groups excluding tert-OH is 1. The second-order valence-electron chi connectivity index (χ2n) is 9.79. The van der Waals surface area contributed by atoms with Crippen LogP contribution >= 0.6 is 0 Å². The smallest absolute Gasteiger partial charge is 0.402 e. The summed E-state index contributed by atoms with van der Waals surface area (Å²) in [5.74, 6) is -0.441. The molecule has 0 saturated heterocycles. The van der Waals surface area contributed by atoms with Crippen LogP contribution in [0.5, 0.6) is 5.75 Å². The third-order valence-corrected chi connectivity index (χ3v) is 6.77. The van der Waals surface area contributed by atoms with E-state index in [1.165, 1.54) is 6.07 Å². The van der Waals surface area contributed by atoms with E-state index in [0.717, 1.165) is 0 Å². The van der Waals surface area contributed by atoms with Gasteiger partial charge < -0.3 is 14.6 Å². The van der Waals surface area contributed by atoms with Gasteiger partial charge in [0.25, 0.3) is 5.91 Å². The highest BCUT2D eigenvalue weighted by molar-refractivity contribution is 6.01. The molecule has 0 bridgehead atoms. The Bertz CT molecular complexity index is 1620. The molecule has 3 aromatic rings. The monoisotopic (exact) mass is 623 g/mol. The maximum Gasteiger partial charge on any atom is 0.402 e. The van der Waals surface area contributed by atoms with E-state index in [9.17, 15) is 18.0 Å². The van der Waals surface area contributed by atoms with Crippen LogP contribution in [0.25, 0.3) is 20.9 Å². The van der Waals surface area contributed by atoms with E-state index >= 15 is 0 Å². The predicted molar refractivity (Wildman–Crippen MR) is 157 cm³/mol. The molecule has 0 aromatic heterocycles. The fraction of sp³-hybridized carbons (Fsp3) is 0.310. The van der Waals surface area contributed by atoms with Crippen molar-refractivity contribution < 1.29 is 32.5 Å². The average molecular weight is 624 g/mol. The molecule has 13 nitrogen and oxygen atoms in total. The molecule has 0 radical (unpaired) electrons. The molecule has 0 saturated carbocycles. The topological polar surface area (TPSA) is 190 Å². The Labute approximate surface area is 254 Å². The Kier molecular flexibility index (Phi) is 10.8. The average Bonchev–Trinajstić information content (AvgIpc) is 3.41. The number of nitrogens with one attached hydrogen (secondary N) is 2. The number of hydrogen-bond acceptors (Lipinski definition) is 8. The molecule has 4 rings (SSSR count). The van der Waals surface area contributed by atoms with Crippen LogP contribution < -0.4 is 15.6 Å². The number of halogens is 3. The lowest BCUT2D eigenvalue weighted by Crippen LogP contribution is -2.55. The van der Waals surface area contributed by atoms with Gasteiger partial charge in [-0.1, -0.05) is 58.8 Å². The number of aliphatic hydroxyl groups is 1. The molecule has 0 spiro atoms. The first kappa shape index (κ1) is 32.6. The van der Waals surface area contributed by atoms with Crippen molar-refractivity contribution >= 4 is 17.5 Å². The number of amides is 1. The molecule has 1 aliphatic rings. The summed E-state index contributed by atoms with van der Waals surface area (Å²) in [7, 11) is 0. The van der Waals surface area contributed by atoms with Gasteiger partial charge in [-0.2, -0.15) is 13.2 Å². The zero-order chi connectivity index (χ0) is 32.3. The maximum atomic E-state index is 14.1. The van der Waals surface area contributed by atoms with Crippen molar-refractivity contribution in [3.63, 3.8) is 0 Å². The zero-order valence-electron chi connectivity index (χ0n) is 23.7. The maximum absolute atomic E-state index is 14.1. The van der Waals surface area contributed by atoms with Crippen molar-refractivity contribution in [2.45, 2.75) is 37.2 Å². The molecule has 16 heteroatoms. The number of carbonyl (C=O) groups excluding carboxylic acids is 1. The number of aliphatic imine (C=N–C) groups is 1. The van der Waals surface area contributed by atoms with Crippen LogP contribution in [0.3, 0.4) is 0 Å². The SMILES string of the molecule is [N-]=[N+]=NCc1ccccc1[C@@H]1OC(c2ccc(OCCCO)cc2)=N[C@]1(Cc1ccccc1N=[N+]=[N-])C(=O)NNCC(F)(F)F. The molecule has 3 aromatic carbocycles. The Balaban J connectivity index is 1.87. The van der Waals surface area contributed by atoms with E-state index in [1.54, 1.807) is 66.7 Å². The molecule has 45 heavy (non-hydrogen) atoms. The summed E-state index contributed by atoms with van der Waals surface area (Å²) in [5.41, 5.74) is 22.1. The van der Waals surface area contributed by atoms with Crippen molar-refractivity contribution in [3.8, 4) is 5.75 Å². The van der Waals surface area contributed by atoms with Crippen LogP contribution in [0.4, 0.5) is 18.9 Å². The Morgan fingerprint density at radius 2 is 1.76 bits per heavy atom. The molecule has 1 amide bonds. The summed E-state index contributed by atoms with van der Waals surface area (Å²) in [4.78, 5) is 24.5. The van der Waals surface area contributed by atoms with E-state index in [1.807, 2.05) is 5.43 Å². The Morgan fingerprint density at radius 3 is 2.44 bits per heavy atom. The molecular formula is C29H28F3N9O4. The molecule has 3 N–H and O–H groups in total. The van der Waals surface area contributed by atoms with Gasteiger partial charge in [-0.3, -0.25) is 10.2 Å². The number of hydrogen-bond donors (Lipinski definition) is 3. The molecule has 2 atom stereocenters. The van der Waals surface area contributed by atoms with Crippen molar-refractivity contribution in [1.82, 2.24) is 10.9 Å². The minimum atomic E-state index is -4.63. The van der Waals surface area contributed by atoms with E-state index < -0.39 is 30.3 Å². The summed E-state index contributed by atoms with van der Waals surface area (Å²) in [6.45, 7) is -1.37. The van der Waals surface area contributed by atoms with Crippen LogP contribution in [0.15, 0.2) is 88.0 Å². The third kappa shape index (κ3) is 8.22. The number of benzene rings is 3. The minimum Gasteiger partial charge on any atom is -0.494 e. The van der Waals surface area contributed by atoms with Crippen LogP contribution in [0, 0.1) is 0 Å². The molecule has 0 aliphatic carbocycles. The van der Waals surface area contributed by atoms with Gasteiger partial charge in [0.1, 0.15) is 12.3 Å². The van der Waals surface area contributed by atoms with E-state index in [0.29, 0.717) is 34.4 Å².